The van der Waals surface area contributed by atoms with E-state index in [1.54, 1.807) is 24.5 Å². The molecule has 10 heteroatoms. The van der Waals surface area contributed by atoms with Gasteiger partial charge < -0.3 is 19.3 Å². The summed E-state index contributed by atoms with van der Waals surface area (Å²) >= 11 is 0. The second-order valence-electron chi connectivity index (χ2n) is 11.6. The molecule has 1 aromatic carbocycles. The molecule has 1 saturated heterocycles. The van der Waals surface area contributed by atoms with Gasteiger partial charge in [-0.25, -0.2) is 14.4 Å². The lowest BCUT2D eigenvalue weighted by atomic mass is 9.91. The second-order valence-corrected chi connectivity index (χ2v) is 16.4. The molecule has 2 aromatic rings. The standard InChI is InChI=1S/C26H37FN4O4Si/c1-25(2,3)36(6,7)35-16-18-9-8-10-21(23(18)27)19-12-28-24(29-13-19)31-14-20(15-31)30-34-17-26(4,5)11-22(32)33/h8-10,12-13H,11,14-17H2,1-7H3,(H,32,33). The summed E-state index contributed by atoms with van der Waals surface area (Å²) in [4.78, 5) is 27.0. The van der Waals surface area contributed by atoms with Crippen molar-refractivity contribution in [1.82, 2.24) is 9.97 Å². The largest absolute Gasteiger partial charge is 0.481 e. The average molecular weight is 517 g/mol. The summed E-state index contributed by atoms with van der Waals surface area (Å²) in [5.74, 6) is -0.645. The van der Waals surface area contributed by atoms with E-state index < -0.39 is 19.7 Å². The van der Waals surface area contributed by atoms with Crippen LogP contribution >= 0.6 is 0 Å². The van der Waals surface area contributed by atoms with Crippen molar-refractivity contribution in [3.63, 3.8) is 0 Å². The minimum absolute atomic E-state index is 0.0112. The number of nitrogens with zero attached hydrogens (tertiary/aromatic N) is 4. The number of rotatable bonds is 10. The van der Waals surface area contributed by atoms with Crippen LogP contribution in [0.2, 0.25) is 18.1 Å². The van der Waals surface area contributed by atoms with E-state index in [-0.39, 0.29) is 30.5 Å². The zero-order valence-electron chi connectivity index (χ0n) is 22.3. The van der Waals surface area contributed by atoms with Gasteiger partial charge in [-0.3, -0.25) is 4.79 Å². The SMILES string of the molecule is CC(C)(CON=C1CN(c2ncc(-c3cccc(CO[Si](C)(C)C(C)(C)C)c3F)cn2)C1)CC(=O)O. The molecule has 1 aromatic heterocycles. The highest BCUT2D eigenvalue weighted by atomic mass is 28.4. The molecule has 0 radical (unpaired) electrons. The van der Waals surface area contributed by atoms with Crippen LogP contribution in [0.15, 0.2) is 35.7 Å². The van der Waals surface area contributed by atoms with Gasteiger partial charge in [-0.05, 0) is 18.1 Å². The molecule has 3 rings (SSSR count). The summed E-state index contributed by atoms with van der Waals surface area (Å²) in [6.45, 7) is 15.9. The predicted octanol–water partition coefficient (Wildman–Crippen LogP) is 5.50. The first-order valence-electron chi connectivity index (χ1n) is 12.1. The summed E-state index contributed by atoms with van der Waals surface area (Å²) in [5, 5.41) is 13.1. The Morgan fingerprint density at radius 2 is 1.81 bits per heavy atom. The van der Waals surface area contributed by atoms with Crippen LogP contribution in [0.5, 0.6) is 0 Å². The number of aliphatic carboxylic acids is 1. The van der Waals surface area contributed by atoms with E-state index in [9.17, 15) is 4.79 Å². The zero-order chi connectivity index (χ0) is 26.7. The Bertz CT molecular complexity index is 1110. The summed E-state index contributed by atoms with van der Waals surface area (Å²) in [6, 6.07) is 5.31. The number of aromatic nitrogens is 2. The highest BCUT2D eigenvalue weighted by Gasteiger charge is 2.37. The van der Waals surface area contributed by atoms with E-state index in [2.05, 4.69) is 49.0 Å². The quantitative estimate of drug-likeness (QED) is 0.329. The fraction of sp³-hybridized carbons (Fsp3) is 0.538. The Morgan fingerprint density at radius 3 is 2.39 bits per heavy atom. The van der Waals surface area contributed by atoms with E-state index in [1.807, 2.05) is 24.8 Å². The Balaban J connectivity index is 1.59. The smallest absolute Gasteiger partial charge is 0.304 e. The van der Waals surface area contributed by atoms with E-state index in [4.69, 9.17) is 14.4 Å². The first-order valence-corrected chi connectivity index (χ1v) is 15.0. The monoisotopic (exact) mass is 516 g/mol. The van der Waals surface area contributed by atoms with Crippen molar-refractivity contribution in [3.05, 3.63) is 42.0 Å². The first kappa shape index (κ1) is 27.7. The van der Waals surface area contributed by atoms with Crippen LogP contribution in [0.3, 0.4) is 0 Å². The number of hydrogen-bond acceptors (Lipinski definition) is 7. The number of oxime groups is 1. The van der Waals surface area contributed by atoms with Gasteiger partial charge in [-0.2, -0.15) is 0 Å². The van der Waals surface area contributed by atoms with E-state index in [0.29, 0.717) is 35.7 Å². The molecule has 0 unspecified atom stereocenters. The molecule has 2 heterocycles. The van der Waals surface area contributed by atoms with Crippen LogP contribution < -0.4 is 4.90 Å². The molecular weight excluding hydrogens is 479 g/mol. The Kier molecular flexibility index (Phi) is 8.19. The minimum Gasteiger partial charge on any atom is -0.481 e. The molecule has 1 aliphatic heterocycles. The highest BCUT2D eigenvalue weighted by Crippen LogP contribution is 2.37. The zero-order valence-corrected chi connectivity index (χ0v) is 23.3. The molecule has 0 aliphatic carbocycles. The fourth-order valence-corrected chi connectivity index (χ4v) is 4.31. The van der Waals surface area contributed by atoms with Gasteiger partial charge in [0, 0.05) is 34.5 Å². The van der Waals surface area contributed by atoms with Crippen LogP contribution in [0.4, 0.5) is 10.3 Å². The molecule has 36 heavy (non-hydrogen) atoms. The summed E-state index contributed by atoms with van der Waals surface area (Å²) in [6.07, 6.45) is 3.26. The third-order valence-electron chi connectivity index (χ3n) is 6.73. The van der Waals surface area contributed by atoms with Gasteiger partial charge in [0.15, 0.2) is 8.32 Å². The molecule has 1 fully saturated rings. The van der Waals surface area contributed by atoms with Gasteiger partial charge in [0.05, 0.1) is 31.8 Å². The van der Waals surface area contributed by atoms with Crippen molar-refractivity contribution in [2.75, 3.05) is 24.6 Å². The number of carboxylic acids is 1. The predicted molar refractivity (Wildman–Crippen MR) is 141 cm³/mol. The lowest BCUT2D eigenvalue weighted by molar-refractivity contribution is -0.140. The molecule has 196 valence electrons. The van der Waals surface area contributed by atoms with Crippen molar-refractivity contribution >= 4 is 25.9 Å². The minimum atomic E-state index is -1.99. The summed E-state index contributed by atoms with van der Waals surface area (Å²) in [7, 11) is -1.99. The maximum atomic E-state index is 15.3. The van der Waals surface area contributed by atoms with Crippen molar-refractivity contribution in [1.29, 1.82) is 0 Å². The van der Waals surface area contributed by atoms with Crippen LogP contribution in [-0.2, 0) is 20.7 Å². The van der Waals surface area contributed by atoms with Gasteiger partial charge in [0.1, 0.15) is 12.4 Å². The molecule has 0 bridgehead atoms. The lowest BCUT2D eigenvalue weighted by Crippen LogP contribution is -2.48. The number of halogens is 1. The molecule has 0 amide bonds. The van der Waals surface area contributed by atoms with Gasteiger partial charge in [0.25, 0.3) is 0 Å². The van der Waals surface area contributed by atoms with E-state index in [0.717, 1.165) is 5.71 Å². The van der Waals surface area contributed by atoms with Crippen molar-refractivity contribution < 1.29 is 23.6 Å². The molecule has 1 aliphatic rings. The number of carboxylic acid groups (broad SMARTS) is 1. The number of anilines is 1. The van der Waals surface area contributed by atoms with E-state index >= 15 is 4.39 Å². The maximum Gasteiger partial charge on any atom is 0.304 e. The Labute approximate surface area is 213 Å². The average Bonchev–Trinajstić information content (AvgIpc) is 2.73. The van der Waals surface area contributed by atoms with Crippen molar-refractivity contribution in [3.8, 4) is 11.1 Å². The summed E-state index contributed by atoms with van der Waals surface area (Å²) in [5.41, 5.74) is 1.90. The van der Waals surface area contributed by atoms with Crippen LogP contribution in [0, 0.1) is 11.2 Å². The molecular formula is C26H37FN4O4Si. The van der Waals surface area contributed by atoms with Crippen molar-refractivity contribution in [2.45, 2.75) is 65.8 Å². The number of hydrogen-bond donors (Lipinski definition) is 1. The highest BCUT2D eigenvalue weighted by molar-refractivity contribution is 6.74. The molecule has 0 saturated carbocycles. The molecule has 1 N–H and O–H groups in total. The summed E-state index contributed by atoms with van der Waals surface area (Å²) < 4.78 is 21.5. The third-order valence-corrected chi connectivity index (χ3v) is 11.2. The lowest BCUT2D eigenvalue weighted by Gasteiger charge is -2.36. The van der Waals surface area contributed by atoms with Crippen LogP contribution in [0.1, 0.15) is 46.6 Å². The van der Waals surface area contributed by atoms with Gasteiger partial charge in [-0.1, -0.05) is 58.0 Å². The second kappa shape index (κ2) is 10.6. The number of carbonyl (C=O) groups is 1. The Morgan fingerprint density at radius 1 is 1.17 bits per heavy atom. The van der Waals surface area contributed by atoms with E-state index in [1.165, 1.54) is 0 Å². The maximum absolute atomic E-state index is 15.3. The first-order chi connectivity index (χ1) is 16.7. The van der Waals surface area contributed by atoms with Gasteiger partial charge >= 0.3 is 5.97 Å². The normalized spacial score (nSPS) is 14.4. The van der Waals surface area contributed by atoms with Gasteiger partial charge in [-0.15, -0.1) is 0 Å². The van der Waals surface area contributed by atoms with Gasteiger partial charge in [0.2, 0.25) is 5.95 Å². The fourth-order valence-electron chi connectivity index (χ4n) is 3.36. The molecule has 0 atom stereocenters. The topological polar surface area (TPSA) is 97.1 Å². The Hall–Kier alpha value is -2.85. The molecule has 8 nitrogen and oxygen atoms in total. The third kappa shape index (κ3) is 6.88. The van der Waals surface area contributed by atoms with Crippen molar-refractivity contribution in [2.24, 2.45) is 10.6 Å². The van der Waals surface area contributed by atoms with Crippen LogP contribution in [-0.4, -0.2) is 54.8 Å². The number of benzene rings is 1. The molecule has 0 spiro atoms. The van der Waals surface area contributed by atoms with Crippen LogP contribution in [0.25, 0.3) is 11.1 Å².